The highest BCUT2D eigenvalue weighted by atomic mass is 16.5. The lowest BCUT2D eigenvalue weighted by Crippen LogP contribution is -2.08. The van der Waals surface area contributed by atoms with Crippen molar-refractivity contribution in [1.82, 2.24) is 0 Å². The van der Waals surface area contributed by atoms with Gasteiger partial charge in [0, 0.05) is 16.8 Å². The first-order valence-corrected chi connectivity index (χ1v) is 8.05. The summed E-state index contributed by atoms with van der Waals surface area (Å²) < 4.78 is 5.89. The Morgan fingerprint density at radius 1 is 1.00 bits per heavy atom. The molecule has 2 N–H and O–H groups in total. The molecule has 3 nitrogen and oxygen atoms in total. The van der Waals surface area contributed by atoms with Gasteiger partial charge in [0.05, 0.1) is 6.61 Å². The molecule has 2 aromatic carbocycles. The van der Waals surface area contributed by atoms with Gasteiger partial charge in [-0.25, -0.2) is 0 Å². The molecule has 0 bridgehead atoms. The summed E-state index contributed by atoms with van der Waals surface area (Å²) in [6, 6.07) is 12.7. The average molecular weight is 311 g/mol. The number of nitrogen functional groups attached to an aromatic ring is 1. The van der Waals surface area contributed by atoms with Crippen LogP contribution < -0.4 is 10.5 Å². The molecule has 122 valence electrons. The van der Waals surface area contributed by atoms with Crippen molar-refractivity contribution in [3.63, 3.8) is 0 Å². The van der Waals surface area contributed by atoms with E-state index in [4.69, 9.17) is 10.5 Å². The van der Waals surface area contributed by atoms with E-state index in [1.165, 1.54) is 0 Å². The van der Waals surface area contributed by atoms with E-state index in [1.807, 2.05) is 18.2 Å². The SMILES string of the molecule is CC(C)COc1ccc(C(=O)c2ccc(N)cc2)cc1C(C)C. The van der Waals surface area contributed by atoms with Gasteiger partial charge in [0.2, 0.25) is 0 Å². The molecule has 0 atom stereocenters. The van der Waals surface area contributed by atoms with E-state index < -0.39 is 0 Å². The molecule has 0 aromatic heterocycles. The number of benzene rings is 2. The molecule has 0 fully saturated rings. The molecule has 0 saturated heterocycles. The van der Waals surface area contributed by atoms with Crippen molar-refractivity contribution >= 4 is 11.5 Å². The van der Waals surface area contributed by atoms with Crippen LogP contribution in [0.15, 0.2) is 42.5 Å². The number of carbonyl (C=O) groups excluding carboxylic acids is 1. The third-order valence-corrected chi connectivity index (χ3v) is 3.64. The zero-order valence-electron chi connectivity index (χ0n) is 14.3. The van der Waals surface area contributed by atoms with Gasteiger partial charge >= 0.3 is 0 Å². The number of ketones is 1. The van der Waals surface area contributed by atoms with Crippen LogP contribution in [0.1, 0.15) is 55.1 Å². The van der Waals surface area contributed by atoms with E-state index in [0.717, 1.165) is 11.3 Å². The molecule has 0 aliphatic carbocycles. The topological polar surface area (TPSA) is 52.3 Å². The van der Waals surface area contributed by atoms with E-state index in [9.17, 15) is 4.79 Å². The Hall–Kier alpha value is -2.29. The third-order valence-electron chi connectivity index (χ3n) is 3.64. The van der Waals surface area contributed by atoms with Crippen molar-refractivity contribution in [3.8, 4) is 5.75 Å². The molecule has 0 heterocycles. The number of hydrogen-bond acceptors (Lipinski definition) is 3. The maximum absolute atomic E-state index is 12.6. The average Bonchev–Trinajstić information content (AvgIpc) is 2.52. The lowest BCUT2D eigenvalue weighted by molar-refractivity contribution is 0.103. The zero-order valence-corrected chi connectivity index (χ0v) is 14.3. The monoisotopic (exact) mass is 311 g/mol. The van der Waals surface area contributed by atoms with E-state index in [1.54, 1.807) is 24.3 Å². The van der Waals surface area contributed by atoms with Crippen LogP contribution >= 0.6 is 0 Å². The summed E-state index contributed by atoms with van der Waals surface area (Å²) in [7, 11) is 0. The van der Waals surface area contributed by atoms with Crippen molar-refractivity contribution in [2.24, 2.45) is 5.92 Å². The lowest BCUT2D eigenvalue weighted by Gasteiger charge is -2.16. The van der Waals surface area contributed by atoms with Gasteiger partial charge in [-0.15, -0.1) is 0 Å². The highest BCUT2D eigenvalue weighted by Crippen LogP contribution is 2.29. The largest absolute Gasteiger partial charge is 0.493 e. The number of carbonyl (C=O) groups is 1. The van der Waals surface area contributed by atoms with Gasteiger partial charge in [0.1, 0.15) is 5.75 Å². The molecule has 2 rings (SSSR count). The predicted molar refractivity (Wildman–Crippen MR) is 95.2 cm³/mol. The fourth-order valence-corrected chi connectivity index (χ4v) is 2.33. The van der Waals surface area contributed by atoms with E-state index in [-0.39, 0.29) is 11.7 Å². The van der Waals surface area contributed by atoms with Crippen molar-refractivity contribution in [2.45, 2.75) is 33.6 Å². The molecule has 0 unspecified atom stereocenters. The number of hydrogen-bond donors (Lipinski definition) is 1. The van der Waals surface area contributed by atoms with Gasteiger partial charge in [-0.2, -0.15) is 0 Å². The highest BCUT2D eigenvalue weighted by Gasteiger charge is 2.15. The summed E-state index contributed by atoms with van der Waals surface area (Å²) in [5.41, 5.74) is 8.72. The van der Waals surface area contributed by atoms with Gasteiger partial charge in [-0.3, -0.25) is 4.79 Å². The van der Waals surface area contributed by atoms with Crippen LogP contribution in [0.2, 0.25) is 0 Å². The number of nitrogens with two attached hydrogens (primary N) is 1. The highest BCUT2D eigenvalue weighted by molar-refractivity contribution is 6.09. The minimum atomic E-state index is 0.00214. The van der Waals surface area contributed by atoms with E-state index >= 15 is 0 Å². The molecule has 0 radical (unpaired) electrons. The number of anilines is 1. The summed E-state index contributed by atoms with van der Waals surface area (Å²) in [4.78, 5) is 12.6. The predicted octanol–water partition coefficient (Wildman–Crippen LogP) is 4.66. The first-order valence-electron chi connectivity index (χ1n) is 8.05. The molecule has 3 heteroatoms. The van der Waals surface area contributed by atoms with Crippen molar-refractivity contribution in [1.29, 1.82) is 0 Å². The minimum Gasteiger partial charge on any atom is -0.493 e. The van der Waals surface area contributed by atoms with Crippen LogP contribution in [0.3, 0.4) is 0 Å². The second-order valence-corrected chi connectivity index (χ2v) is 6.56. The van der Waals surface area contributed by atoms with Crippen LogP contribution in [0.4, 0.5) is 5.69 Å². The van der Waals surface area contributed by atoms with Crippen LogP contribution in [-0.4, -0.2) is 12.4 Å². The van der Waals surface area contributed by atoms with Gasteiger partial charge < -0.3 is 10.5 Å². The van der Waals surface area contributed by atoms with Gasteiger partial charge in [-0.05, 0) is 59.9 Å². The van der Waals surface area contributed by atoms with Crippen molar-refractivity contribution in [3.05, 3.63) is 59.2 Å². The van der Waals surface area contributed by atoms with Crippen LogP contribution in [0, 0.1) is 5.92 Å². The van der Waals surface area contributed by atoms with Gasteiger partial charge in [0.25, 0.3) is 0 Å². The Labute approximate surface area is 138 Å². The normalized spacial score (nSPS) is 11.0. The molecule has 2 aromatic rings. The third kappa shape index (κ3) is 4.35. The first kappa shape index (κ1) is 17.1. The molecule has 0 amide bonds. The van der Waals surface area contributed by atoms with E-state index in [2.05, 4.69) is 27.7 Å². The van der Waals surface area contributed by atoms with Crippen LogP contribution in [0.5, 0.6) is 5.75 Å². The molecular weight excluding hydrogens is 286 g/mol. The standard InChI is InChI=1S/C20H25NO2/c1-13(2)12-23-19-10-7-16(11-18(19)14(3)4)20(22)15-5-8-17(21)9-6-15/h5-11,13-14H,12,21H2,1-4H3. The Balaban J connectivity index is 2.31. The second-order valence-electron chi connectivity index (χ2n) is 6.56. The second kappa shape index (κ2) is 7.32. The minimum absolute atomic E-state index is 0.00214. The molecular formula is C20H25NO2. The summed E-state index contributed by atoms with van der Waals surface area (Å²) in [5, 5.41) is 0. The Bertz CT molecular complexity index is 673. The Morgan fingerprint density at radius 2 is 1.61 bits per heavy atom. The zero-order chi connectivity index (χ0) is 17.0. The fourth-order valence-electron chi connectivity index (χ4n) is 2.33. The maximum Gasteiger partial charge on any atom is 0.193 e. The van der Waals surface area contributed by atoms with Crippen LogP contribution in [0.25, 0.3) is 0 Å². The summed E-state index contributed by atoms with van der Waals surface area (Å²) in [5.74, 6) is 1.62. The number of rotatable bonds is 6. The fraction of sp³-hybridized carbons (Fsp3) is 0.350. The first-order chi connectivity index (χ1) is 10.9. The number of ether oxygens (including phenoxy) is 1. The van der Waals surface area contributed by atoms with E-state index in [0.29, 0.717) is 29.3 Å². The molecule has 0 saturated carbocycles. The Kier molecular flexibility index (Phi) is 5.43. The smallest absolute Gasteiger partial charge is 0.193 e. The van der Waals surface area contributed by atoms with Crippen LogP contribution in [-0.2, 0) is 0 Å². The molecule has 0 aliphatic heterocycles. The van der Waals surface area contributed by atoms with Gasteiger partial charge in [0.15, 0.2) is 5.78 Å². The molecule has 0 aliphatic rings. The quantitative estimate of drug-likeness (QED) is 0.623. The van der Waals surface area contributed by atoms with Crippen molar-refractivity contribution in [2.75, 3.05) is 12.3 Å². The lowest BCUT2D eigenvalue weighted by atomic mass is 9.95. The Morgan fingerprint density at radius 3 is 2.17 bits per heavy atom. The molecule has 0 spiro atoms. The molecule has 23 heavy (non-hydrogen) atoms. The summed E-state index contributed by atoms with van der Waals surface area (Å²) >= 11 is 0. The maximum atomic E-state index is 12.6. The summed E-state index contributed by atoms with van der Waals surface area (Å²) in [6.07, 6.45) is 0. The van der Waals surface area contributed by atoms with Gasteiger partial charge in [-0.1, -0.05) is 27.7 Å². The van der Waals surface area contributed by atoms with Crippen molar-refractivity contribution < 1.29 is 9.53 Å². The summed E-state index contributed by atoms with van der Waals surface area (Å²) in [6.45, 7) is 9.12.